The Labute approximate surface area is 146 Å². The summed E-state index contributed by atoms with van der Waals surface area (Å²) >= 11 is 0. The van der Waals surface area contributed by atoms with Gasteiger partial charge in [0, 0.05) is 31.2 Å². The van der Waals surface area contributed by atoms with Crippen LogP contribution in [-0.2, 0) is 0 Å². The van der Waals surface area contributed by atoms with E-state index in [0.717, 1.165) is 48.4 Å². The molecule has 1 aliphatic rings. The molecular formula is C18H19N7. The second kappa shape index (κ2) is 6.80. The van der Waals surface area contributed by atoms with Crippen molar-refractivity contribution in [1.82, 2.24) is 24.9 Å². The van der Waals surface area contributed by atoms with Crippen molar-refractivity contribution in [1.29, 1.82) is 0 Å². The summed E-state index contributed by atoms with van der Waals surface area (Å²) in [5, 5.41) is 3.25. The Kier molecular flexibility index (Phi) is 4.20. The molecule has 1 saturated heterocycles. The van der Waals surface area contributed by atoms with E-state index in [9.17, 15) is 0 Å². The molecule has 0 unspecified atom stereocenters. The molecule has 4 heterocycles. The molecule has 7 heteroatoms. The normalized spacial score (nSPS) is 16.8. The molecule has 3 aromatic rings. The number of rotatable bonds is 4. The summed E-state index contributed by atoms with van der Waals surface area (Å²) in [5.74, 6) is 3.15. The number of hydrogen-bond donors (Lipinski definition) is 1. The topological polar surface area (TPSA) is 79.7 Å². The van der Waals surface area contributed by atoms with Crippen molar-refractivity contribution in [3.63, 3.8) is 0 Å². The van der Waals surface area contributed by atoms with Gasteiger partial charge in [-0.1, -0.05) is 6.07 Å². The van der Waals surface area contributed by atoms with Crippen LogP contribution in [0, 0.1) is 6.92 Å². The Hall–Kier alpha value is -3.09. The van der Waals surface area contributed by atoms with Gasteiger partial charge < -0.3 is 10.2 Å². The van der Waals surface area contributed by atoms with Gasteiger partial charge in [-0.3, -0.25) is 4.98 Å². The van der Waals surface area contributed by atoms with Crippen molar-refractivity contribution < 1.29 is 0 Å². The highest BCUT2D eigenvalue weighted by molar-refractivity contribution is 5.52. The van der Waals surface area contributed by atoms with Crippen LogP contribution < -0.4 is 10.2 Å². The minimum Gasteiger partial charge on any atom is -0.347 e. The first-order valence-corrected chi connectivity index (χ1v) is 8.36. The van der Waals surface area contributed by atoms with Crippen LogP contribution in [0.15, 0.2) is 49.1 Å². The Morgan fingerprint density at radius 3 is 2.84 bits per heavy atom. The number of hydrogen-bond acceptors (Lipinski definition) is 7. The number of aryl methyl sites for hydroxylation is 1. The molecule has 0 aliphatic carbocycles. The highest BCUT2D eigenvalue weighted by atomic mass is 15.2. The maximum Gasteiger partial charge on any atom is 0.147 e. The monoisotopic (exact) mass is 333 g/mol. The van der Waals surface area contributed by atoms with Gasteiger partial charge in [-0.15, -0.1) is 0 Å². The summed E-state index contributed by atoms with van der Waals surface area (Å²) in [7, 11) is 0. The smallest absolute Gasteiger partial charge is 0.147 e. The molecule has 0 amide bonds. The Morgan fingerprint density at radius 2 is 2.04 bits per heavy atom. The van der Waals surface area contributed by atoms with Crippen LogP contribution in [0.25, 0.3) is 0 Å². The number of nitrogens with zero attached hydrogens (tertiary/aromatic N) is 6. The fraction of sp³-hybridized carbons (Fsp3) is 0.278. The van der Waals surface area contributed by atoms with Gasteiger partial charge in [0.25, 0.3) is 0 Å². The zero-order chi connectivity index (χ0) is 17.1. The van der Waals surface area contributed by atoms with Crippen molar-refractivity contribution in [2.24, 2.45) is 0 Å². The lowest BCUT2D eigenvalue weighted by Crippen LogP contribution is -2.24. The van der Waals surface area contributed by atoms with Gasteiger partial charge in [0.05, 0.1) is 17.9 Å². The fourth-order valence-electron chi connectivity index (χ4n) is 3.18. The number of anilines is 3. The standard InChI is InChI=1S/C18H19N7/c1-13-22-14(11-17(23-13)24-16-6-2-3-7-20-16)15-5-4-10-25(15)18-12-19-8-9-21-18/h2-3,6-9,11-12,15H,4-5,10H2,1H3,(H,20,22,23,24)/t15-/m0/s1. The number of nitrogens with one attached hydrogen (secondary N) is 1. The molecule has 0 radical (unpaired) electrons. The highest BCUT2D eigenvalue weighted by Gasteiger charge is 2.29. The van der Waals surface area contributed by atoms with Gasteiger partial charge in [0.1, 0.15) is 23.3 Å². The third-order valence-corrected chi connectivity index (χ3v) is 4.22. The zero-order valence-electron chi connectivity index (χ0n) is 14.0. The maximum absolute atomic E-state index is 4.67. The first-order valence-electron chi connectivity index (χ1n) is 8.36. The van der Waals surface area contributed by atoms with Crippen LogP contribution in [0.2, 0.25) is 0 Å². The molecule has 0 aromatic carbocycles. The molecule has 4 rings (SSSR count). The van der Waals surface area contributed by atoms with E-state index in [1.807, 2.05) is 31.2 Å². The first kappa shape index (κ1) is 15.4. The molecule has 1 N–H and O–H groups in total. The van der Waals surface area contributed by atoms with E-state index in [0.29, 0.717) is 0 Å². The van der Waals surface area contributed by atoms with Gasteiger partial charge in [0.15, 0.2) is 0 Å². The molecule has 3 aromatic heterocycles. The molecule has 1 fully saturated rings. The fourth-order valence-corrected chi connectivity index (χ4v) is 3.18. The third-order valence-electron chi connectivity index (χ3n) is 4.22. The van der Waals surface area contributed by atoms with E-state index in [1.165, 1.54) is 0 Å². The Morgan fingerprint density at radius 1 is 1.08 bits per heavy atom. The second-order valence-electron chi connectivity index (χ2n) is 5.98. The number of pyridine rings is 1. The molecule has 1 atom stereocenters. The molecule has 1 aliphatic heterocycles. The predicted octanol–water partition coefficient (Wildman–Crippen LogP) is 3.06. The quantitative estimate of drug-likeness (QED) is 0.786. The third kappa shape index (κ3) is 3.40. The van der Waals surface area contributed by atoms with E-state index >= 15 is 0 Å². The molecule has 25 heavy (non-hydrogen) atoms. The molecule has 7 nitrogen and oxygen atoms in total. The van der Waals surface area contributed by atoms with Crippen LogP contribution in [0.3, 0.4) is 0 Å². The molecule has 0 bridgehead atoms. The average Bonchev–Trinajstić information content (AvgIpc) is 3.13. The lowest BCUT2D eigenvalue weighted by atomic mass is 10.1. The van der Waals surface area contributed by atoms with Crippen molar-refractivity contribution in [2.45, 2.75) is 25.8 Å². The highest BCUT2D eigenvalue weighted by Crippen LogP contribution is 2.34. The SMILES string of the molecule is Cc1nc(Nc2ccccn2)cc([C@@H]2CCCN2c2cnccn2)n1. The summed E-state index contributed by atoms with van der Waals surface area (Å²) in [6.07, 6.45) is 9.12. The Balaban J connectivity index is 1.63. The van der Waals surface area contributed by atoms with Crippen molar-refractivity contribution >= 4 is 17.5 Å². The zero-order valence-corrected chi connectivity index (χ0v) is 14.0. The number of aromatic nitrogens is 5. The van der Waals surface area contributed by atoms with Crippen molar-refractivity contribution in [3.05, 3.63) is 60.6 Å². The van der Waals surface area contributed by atoms with Gasteiger partial charge in [-0.05, 0) is 31.9 Å². The first-order chi connectivity index (χ1) is 12.3. The van der Waals surface area contributed by atoms with Gasteiger partial charge >= 0.3 is 0 Å². The largest absolute Gasteiger partial charge is 0.347 e. The summed E-state index contributed by atoms with van der Waals surface area (Å²) in [6, 6.07) is 7.93. The van der Waals surface area contributed by atoms with Crippen molar-refractivity contribution in [2.75, 3.05) is 16.8 Å². The van der Waals surface area contributed by atoms with Crippen LogP contribution in [0.1, 0.15) is 30.4 Å². The van der Waals surface area contributed by atoms with Crippen molar-refractivity contribution in [3.8, 4) is 0 Å². The summed E-state index contributed by atoms with van der Waals surface area (Å²) in [6.45, 7) is 2.87. The lowest BCUT2D eigenvalue weighted by molar-refractivity contribution is 0.680. The molecular weight excluding hydrogens is 314 g/mol. The van der Waals surface area contributed by atoms with Crippen LogP contribution >= 0.6 is 0 Å². The van der Waals surface area contributed by atoms with E-state index in [2.05, 4.69) is 35.1 Å². The lowest BCUT2D eigenvalue weighted by Gasteiger charge is -2.25. The van der Waals surface area contributed by atoms with E-state index in [4.69, 9.17) is 0 Å². The predicted molar refractivity (Wildman–Crippen MR) is 95.6 cm³/mol. The average molecular weight is 333 g/mol. The van der Waals surface area contributed by atoms with Crippen LogP contribution in [0.5, 0.6) is 0 Å². The molecule has 0 spiro atoms. The minimum atomic E-state index is 0.183. The van der Waals surface area contributed by atoms with E-state index in [-0.39, 0.29) is 6.04 Å². The maximum atomic E-state index is 4.67. The van der Waals surface area contributed by atoms with Gasteiger partial charge in [0.2, 0.25) is 0 Å². The molecule has 0 saturated carbocycles. The van der Waals surface area contributed by atoms with E-state index < -0.39 is 0 Å². The van der Waals surface area contributed by atoms with Gasteiger partial charge in [-0.2, -0.15) is 0 Å². The van der Waals surface area contributed by atoms with Gasteiger partial charge in [-0.25, -0.2) is 19.9 Å². The van der Waals surface area contributed by atoms with Crippen LogP contribution in [0.4, 0.5) is 17.5 Å². The Bertz CT molecular complexity index is 839. The molecule has 126 valence electrons. The van der Waals surface area contributed by atoms with E-state index in [1.54, 1.807) is 24.8 Å². The summed E-state index contributed by atoms with van der Waals surface area (Å²) < 4.78 is 0. The van der Waals surface area contributed by atoms with Crippen LogP contribution in [-0.4, -0.2) is 31.5 Å². The summed E-state index contributed by atoms with van der Waals surface area (Å²) in [4.78, 5) is 24.4. The second-order valence-corrected chi connectivity index (χ2v) is 5.98. The minimum absolute atomic E-state index is 0.183. The summed E-state index contributed by atoms with van der Waals surface area (Å²) in [5.41, 5.74) is 0.995.